The van der Waals surface area contributed by atoms with Crippen LogP contribution in [0.15, 0.2) is 30.5 Å². The zero-order chi connectivity index (χ0) is 10.8. The van der Waals surface area contributed by atoms with Crippen LogP contribution in [-0.2, 0) is 13.6 Å². The second-order valence-electron chi connectivity index (χ2n) is 3.36. The van der Waals surface area contributed by atoms with Gasteiger partial charge in [-0.05, 0) is 23.8 Å². The van der Waals surface area contributed by atoms with Gasteiger partial charge in [-0.3, -0.25) is 4.68 Å². The summed E-state index contributed by atoms with van der Waals surface area (Å²) in [6, 6.07) is 6.79. The van der Waals surface area contributed by atoms with Crippen LogP contribution < -0.4 is 5.73 Å². The molecule has 15 heavy (non-hydrogen) atoms. The average Bonchev–Trinajstić information content (AvgIpc) is 2.64. The number of nitrogens with two attached hydrogens (primary N) is 1. The third-order valence-corrected chi connectivity index (χ3v) is 2.37. The molecule has 4 heteroatoms. The fraction of sp³-hybridized carbons (Fsp3) is 0.182. The van der Waals surface area contributed by atoms with Crippen LogP contribution in [0.2, 0.25) is 0 Å². The molecule has 0 aliphatic heterocycles. The van der Waals surface area contributed by atoms with Crippen molar-refractivity contribution < 1.29 is 4.39 Å². The molecule has 3 nitrogen and oxygen atoms in total. The van der Waals surface area contributed by atoms with Crippen molar-refractivity contribution in [3.05, 3.63) is 41.8 Å². The van der Waals surface area contributed by atoms with Crippen molar-refractivity contribution in [1.29, 1.82) is 0 Å². The maximum Gasteiger partial charge on any atom is 0.132 e. The summed E-state index contributed by atoms with van der Waals surface area (Å²) in [5.74, 6) is -0.262. The smallest absolute Gasteiger partial charge is 0.132 e. The van der Waals surface area contributed by atoms with E-state index in [1.54, 1.807) is 30.1 Å². The Morgan fingerprint density at radius 3 is 2.73 bits per heavy atom. The summed E-state index contributed by atoms with van der Waals surface area (Å²) < 4.78 is 15.3. The van der Waals surface area contributed by atoms with Crippen molar-refractivity contribution in [3.63, 3.8) is 0 Å². The average molecular weight is 205 g/mol. The van der Waals surface area contributed by atoms with E-state index in [1.165, 1.54) is 6.07 Å². The molecule has 0 radical (unpaired) electrons. The molecule has 2 N–H and O–H groups in total. The zero-order valence-corrected chi connectivity index (χ0v) is 8.44. The maximum atomic E-state index is 13.7. The maximum absolute atomic E-state index is 13.7. The van der Waals surface area contributed by atoms with Crippen LogP contribution >= 0.6 is 0 Å². The number of hydrogen-bond donors (Lipinski definition) is 1. The van der Waals surface area contributed by atoms with Crippen molar-refractivity contribution in [2.24, 2.45) is 12.8 Å². The van der Waals surface area contributed by atoms with Crippen LogP contribution in [0.3, 0.4) is 0 Å². The molecule has 1 aromatic carbocycles. The van der Waals surface area contributed by atoms with E-state index in [4.69, 9.17) is 5.73 Å². The molecule has 2 rings (SSSR count). The largest absolute Gasteiger partial charge is 0.326 e. The van der Waals surface area contributed by atoms with Crippen LogP contribution in [0.1, 0.15) is 5.56 Å². The van der Waals surface area contributed by atoms with E-state index in [2.05, 4.69) is 5.10 Å². The van der Waals surface area contributed by atoms with E-state index in [-0.39, 0.29) is 5.82 Å². The fourth-order valence-corrected chi connectivity index (χ4v) is 1.53. The molecule has 0 saturated heterocycles. The molecule has 78 valence electrons. The van der Waals surface area contributed by atoms with Crippen molar-refractivity contribution in [3.8, 4) is 11.3 Å². The van der Waals surface area contributed by atoms with E-state index < -0.39 is 0 Å². The SMILES string of the molecule is Cn1nccc1-c1ccc(CN)cc1F. The molecular weight excluding hydrogens is 193 g/mol. The van der Waals surface area contributed by atoms with Gasteiger partial charge in [-0.25, -0.2) is 4.39 Å². The van der Waals surface area contributed by atoms with E-state index in [0.717, 1.165) is 11.3 Å². The third kappa shape index (κ3) is 1.76. The van der Waals surface area contributed by atoms with Gasteiger partial charge in [-0.15, -0.1) is 0 Å². The summed E-state index contributed by atoms with van der Waals surface area (Å²) in [7, 11) is 1.78. The number of rotatable bonds is 2. The molecule has 0 spiro atoms. The van der Waals surface area contributed by atoms with E-state index in [9.17, 15) is 4.39 Å². The lowest BCUT2D eigenvalue weighted by atomic mass is 10.1. The summed E-state index contributed by atoms with van der Waals surface area (Å²) in [6.07, 6.45) is 1.64. The van der Waals surface area contributed by atoms with Gasteiger partial charge in [0.25, 0.3) is 0 Å². The first kappa shape index (κ1) is 9.86. The number of nitrogens with zero attached hydrogens (tertiary/aromatic N) is 2. The number of benzene rings is 1. The molecule has 0 atom stereocenters. The normalized spacial score (nSPS) is 10.6. The van der Waals surface area contributed by atoms with E-state index >= 15 is 0 Å². The molecule has 2 aromatic rings. The Labute approximate surface area is 87.3 Å². The van der Waals surface area contributed by atoms with Gasteiger partial charge in [-0.1, -0.05) is 6.07 Å². The Kier molecular flexibility index (Phi) is 2.51. The molecule has 0 bridgehead atoms. The first-order valence-electron chi connectivity index (χ1n) is 4.69. The predicted octanol–water partition coefficient (Wildman–Crippen LogP) is 1.68. The highest BCUT2D eigenvalue weighted by Gasteiger charge is 2.08. The van der Waals surface area contributed by atoms with Crippen molar-refractivity contribution >= 4 is 0 Å². The Hall–Kier alpha value is -1.68. The number of aryl methyl sites for hydroxylation is 1. The molecular formula is C11H12FN3. The van der Waals surface area contributed by atoms with Gasteiger partial charge in [0.2, 0.25) is 0 Å². The van der Waals surface area contributed by atoms with Crippen molar-refractivity contribution in [1.82, 2.24) is 9.78 Å². The molecule has 0 saturated carbocycles. The number of hydrogen-bond acceptors (Lipinski definition) is 2. The molecule has 0 aliphatic rings. The zero-order valence-electron chi connectivity index (χ0n) is 8.44. The van der Waals surface area contributed by atoms with Gasteiger partial charge in [0.1, 0.15) is 5.82 Å². The molecule has 0 unspecified atom stereocenters. The molecule has 0 aliphatic carbocycles. The summed E-state index contributed by atoms with van der Waals surface area (Å²) in [4.78, 5) is 0. The highest BCUT2D eigenvalue weighted by Crippen LogP contribution is 2.22. The summed E-state index contributed by atoms with van der Waals surface area (Å²) in [5.41, 5.74) is 7.53. The fourth-order valence-electron chi connectivity index (χ4n) is 1.53. The molecule has 1 heterocycles. The lowest BCUT2D eigenvalue weighted by Gasteiger charge is -2.05. The van der Waals surface area contributed by atoms with Gasteiger partial charge in [0, 0.05) is 25.4 Å². The van der Waals surface area contributed by atoms with Crippen molar-refractivity contribution in [2.75, 3.05) is 0 Å². The lowest BCUT2D eigenvalue weighted by Crippen LogP contribution is -1.99. The monoisotopic (exact) mass is 205 g/mol. The van der Waals surface area contributed by atoms with Crippen molar-refractivity contribution in [2.45, 2.75) is 6.54 Å². The lowest BCUT2D eigenvalue weighted by molar-refractivity contribution is 0.625. The quantitative estimate of drug-likeness (QED) is 0.810. The summed E-state index contributed by atoms with van der Waals surface area (Å²) in [5, 5.41) is 4.00. The minimum absolute atomic E-state index is 0.262. The van der Waals surface area contributed by atoms with Crippen LogP contribution in [-0.4, -0.2) is 9.78 Å². The Bertz CT molecular complexity index is 476. The Morgan fingerprint density at radius 2 is 2.20 bits per heavy atom. The van der Waals surface area contributed by atoms with E-state index in [0.29, 0.717) is 12.1 Å². The van der Waals surface area contributed by atoms with Gasteiger partial charge in [0.05, 0.1) is 5.69 Å². The topological polar surface area (TPSA) is 43.8 Å². The first-order chi connectivity index (χ1) is 7.22. The predicted molar refractivity (Wildman–Crippen MR) is 56.5 cm³/mol. The summed E-state index contributed by atoms with van der Waals surface area (Å²) in [6.45, 7) is 0.350. The molecule has 0 fully saturated rings. The minimum Gasteiger partial charge on any atom is -0.326 e. The third-order valence-electron chi connectivity index (χ3n) is 2.37. The molecule has 0 amide bonds. The van der Waals surface area contributed by atoms with Gasteiger partial charge in [-0.2, -0.15) is 5.10 Å². The van der Waals surface area contributed by atoms with Gasteiger partial charge < -0.3 is 5.73 Å². The molecule has 1 aromatic heterocycles. The Balaban J connectivity index is 2.50. The second kappa shape index (κ2) is 3.82. The van der Waals surface area contributed by atoms with Crippen LogP contribution in [0.5, 0.6) is 0 Å². The first-order valence-corrected chi connectivity index (χ1v) is 4.69. The van der Waals surface area contributed by atoms with Gasteiger partial charge >= 0.3 is 0 Å². The van der Waals surface area contributed by atoms with Crippen LogP contribution in [0.4, 0.5) is 4.39 Å². The Morgan fingerprint density at radius 1 is 1.40 bits per heavy atom. The number of aromatic nitrogens is 2. The van der Waals surface area contributed by atoms with E-state index in [1.807, 2.05) is 6.07 Å². The highest BCUT2D eigenvalue weighted by molar-refractivity contribution is 5.60. The van der Waals surface area contributed by atoms with Crippen LogP contribution in [0, 0.1) is 5.82 Å². The minimum atomic E-state index is -0.262. The highest BCUT2D eigenvalue weighted by atomic mass is 19.1. The van der Waals surface area contributed by atoms with Crippen LogP contribution in [0.25, 0.3) is 11.3 Å². The van der Waals surface area contributed by atoms with Gasteiger partial charge in [0.15, 0.2) is 0 Å². The number of halogens is 1. The second-order valence-corrected chi connectivity index (χ2v) is 3.36. The summed E-state index contributed by atoms with van der Waals surface area (Å²) >= 11 is 0. The standard InChI is InChI=1S/C11H12FN3/c1-15-11(4-5-14-15)9-3-2-8(7-13)6-10(9)12/h2-6H,7,13H2,1H3.